The van der Waals surface area contributed by atoms with Crippen molar-refractivity contribution in [3.63, 3.8) is 0 Å². The van der Waals surface area contributed by atoms with Crippen LogP contribution in [0.2, 0.25) is 5.02 Å². The third kappa shape index (κ3) is 3.88. The molecule has 1 fully saturated rings. The number of halogens is 1. The van der Waals surface area contributed by atoms with E-state index in [1.165, 1.54) is 26.3 Å². The van der Waals surface area contributed by atoms with E-state index in [4.69, 9.17) is 11.6 Å². The summed E-state index contributed by atoms with van der Waals surface area (Å²) in [6.45, 7) is 5.09. The highest BCUT2D eigenvalue weighted by Gasteiger charge is 2.19. The maximum absolute atomic E-state index is 12.4. The maximum Gasteiger partial charge on any atom is 0.370 e. The number of aromatic nitrogens is 4. The molecule has 3 heterocycles. The zero-order chi connectivity index (χ0) is 17.9. The maximum atomic E-state index is 12.4. The van der Waals surface area contributed by atoms with Crippen molar-refractivity contribution >= 4 is 22.9 Å². The average Bonchev–Trinajstić information content (AvgIpc) is 3.29. The molecule has 4 rings (SSSR count). The zero-order valence-corrected chi connectivity index (χ0v) is 15.7. The first kappa shape index (κ1) is 17.4. The molecular formula is C17H19ClN6OS. The van der Waals surface area contributed by atoms with Crippen molar-refractivity contribution in [1.29, 1.82) is 0 Å². The van der Waals surface area contributed by atoms with E-state index in [0.29, 0.717) is 6.67 Å². The van der Waals surface area contributed by atoms with Crippen LogP contribution in [0.4, 0.5) is 0 Å². The summed E-state index contributed by atoms with van der Waals surface area (Å²) >= 11 is 7.41. The molecule has 0 atom stereocenters. The molecule has 0 spiro atoms. The monoisotopic (exact) mass is 390 g/mol. The Balaban J connectivity index is 1.33. The van der Waals surface area contributed by atoms with Gasteiger partial charge in [0.1, 0.15) is 11.7 Å². The lowest BCUT2D eigenvalue weighted by molar-refractivity contribution is 0.0968. The molecule has 1 aliphatic heterocycles. The van der Waals surface area contributed by atoms with Gasteiger partial charge in [-0.3, -0.25) is 9.80 Å². The van der Waals surface area contributed by atoms with Crippen LogP contribution >= 0.6 is 22.9 Å². The van der Waals surface area contributed by atoms with E-state index in [1.54, 1.807) is 0 Å². The summed E-state index contributed by atoms with van der Waals surface area (Å²) in [5, 5.41) is 11.5. The number of rotatable bonds is 5. The van der Waals surface area contributed by atoms with Crippen LogP contribution in [-0.2, 0) is 13.2 Å². The molecule has 0 bridgehead atoms. The van der Waals surface area contributed by atoms with E-state index in [0.717, 1.165) is 42.7 Å². The molecule has 2 aromatic heterocycles. The van der Waals surface area contributed by atoms with Gasteiger partial charge in [-0.25, -0.2) is 4.79 Å². The molecule has 136 valence electrons. The van der Waals surface area contributed by atoms with Crippen molar-refractivity contribution in [1.82, 2.24) is 29.6 Å². The number of hydrogen-bond donors (Lipinski definition) is 0. The van der Waals surface area contributed by atoms with Gasteiger partial charge in [0, 0.05) is 37.7 Å². The van der Waals surface area contributed by atoms with Gasteiger partial charge in [-0.15, -0.1) is 11.3 Å². The average molecular weight is 391 g/mol. The summed E-state index contributed by atoms with van der Waals surface area (Å²) < 4.78 is 2.77. The topological polar surface area (TPSA) is 59.2 Å². The molecule has 0 N–H and O–H groups in total. The van der Waals surface area contributed by atoms with E-state index in [2.05, 4.69) is 32.4 Å². The summed E-state index contributed by atoms with van der Waals surface area (Å²) in [6.07, 6.45) is 0. The summed E-state index contributed by atoms with van der Waals surface area (Å²) in [5.41, 5.74) is 1.06. The van der Waals surface area contributed by atoms with Crippen LogP contribution in [0.5, 0.6) is 0 Å². The molecule has 0 saturated carbocycles. The van der Waals surface area contributed by atoms with Crippen LogP contribution in [0.1, 0.15) is 5.56 Å². The minimum absolute atomic E-state index is 0.198. The van der Waals surface area contributed by atoms with Gasteiger partial charge in [-0.2, -0.15) is 9.36 Å². The first-order chi connectivity index (χ1) is 12.7. The molecule has 1 saturated heterocycles. The van der Waals surface area contributed by atoms with Crippen molar-refractivity contribution in [2.24, 2.45) is 0 Å². The van der Waals surface area contributed by atoms with Gasteiger partial charge in [0.2, 0.25) is 0 Å². The molecule has 1 aliphatic rings. The van der Waals surface area contributed by atoms with Crippen LogP contribution in [0.15, 0.2) is 46.6 Å². The normalized spacial score (nSPS) is 16.2. The molecule has 9 heteroatoms. The highest BCUT2D eigenvalue weighted by molar-refractivity contribution is 7.12. The molecule has 1 aromatic carbocycles. The van der Waals surface area contributed by atoms with E-state index < -0.39 is 0 Å². The highest BCUT2D eigenvalue weighted by Crippen LogP contribution is 2.13. The third-order valence-corrected chi connectivity index (χ3v) is 5.57. The Morgan fingerprint density at radius 2 is 1.73 bits per heavy atom. The number of thiophene rings is 1. The Morgan fingerprint density at radius 1 is 1.00 bits per heavy atom. The predicted octanol–water partition coefficient (Wildman–Crippen LogP) is 1.92. The second-order valence-corrected chi connectivity index (χ2v) is 7.65. The first-order valence-corrected chi connectivity index (χ1v) is 9.71. The molecule has 0 amide bonds. The molecule has 0 radical (unpaired) electrons. The Bertz CT molecular complexity index is 896. The Labute approximate surface area is 160 Å². The van der Waals surface area contributed by atoms with Crippen molar-refractivity contribution < 1.29 is 0 Å². The van der Waals surface area contributed by atoms with Crippen LogP contribution in [0.25, 0.3) is 5.00 Å². The van der Waals surface area contributed by atoms with Crippen molar-refractivity contribution in [3.8, 4) is 5.00 Å². The number of tetrazole rings is 1. The minimum atomic E-state index is -0.198. The fourth-order valence-corrected chi connectivity index (χ4v) is 3.81. The third-order valence-electron chi connectivity index (χ3n) is 4.47. The standard InChI is InChI=1S/C17H19ClN6OS/c18-15-5-3-14(4-6-15)12-21-7-9-22(10-8-21)13-23-17(25)24(20-19-23)16-2-1-11-26-16/h1-6,11H,7-10,12-13H2. The Morgan fingerprint density at radius 3 is 2.42 bits per heavy atom. The molecule has 0 unspecified atom stereocenters. The second kappa shape index (κ2) is 7.71. The van der Waals surface area contributed by atoms with Crippen LogP contribution in [-0.4, -0.2) is 55.8 Å². The molecular weight excluding hydrogens is 372 g/mol. The quantitative estimate of drug-likeness (QED) is 0.666. The number of piperazine rings is 1. The zero-order valence-electron chi connectivity index (χ0n) is 14.2. The molecule has 3 aromatic rings. The van der Waals surface area contributed by atoms with Gasteiger partial charge in [0.05, 0.1) is 0 Å². The van der Waals surface area contributed by atoms with Gasteiger partial charge in [0.15, 0.2) is 0 Å². The predicted molar refractivity (Wildman–Crippen MR) is 102 cm³/mol. The van der Waals surface area contributed by atoms with Gasteiger partial charge in [-0.05, 0) is 45.6 Å². The fourth-order valence-electron chi connectivity index (χ4n) is 3.02. The highest BCUT2D eigenvalue weighted by atomic mass is 35.5. The van der Waals surface area contributed by atoms with E-state index >= 15 is 0 Å². The van der Waals surface area contributed by atoms with Gasteiger partial charge >= 0.3 is 5.69 Å². The minimum Gasteiger partial charge on any atom is -0.297 e. The van der Waals surface area contributed by atoms with Crippen molar-refractivity contribution in [3.05, 3.63) is 62.8 Å². The van der Waals surface area contributed by atoms with Crippen LogP contribution in [0, 0.1) is 0 Å². The molecule has 7 nitrogen and oxygen atoms in total. The Hall–Kier alpha value is -2.00. The summed E-state index contributed by atoms with van der Waals surface area (Å²) in [4.78, 5) is 17.1. The van der Waals surface area contributed by atoms with E-state index in [-0.39, 0.29) is 5.69 Å². The van der Waals surface area contributed by atoms with Crippen molar-refractivity contribution in [2.45, 2.75) is 13.2 Å². The fraction of sp³-hybridized carbons (Fsp3) is 0.353. The van der Waals surface area contributed by atoms with Gasteiger partial charge < -0.3 is 0 Å². The largest absolute Gasteiger partial charge is 0.370 e. The molecule has 0 aliphatic carbocycles. The SMILES string of the molecule is O=c1n(CN2CCN(Cc3ccc(Cl)cc3)CC2)nnn1-c1cccs1. The van der Waals surface area contributed by atoms with E-state index in [1.807, 2.05) is 29.6 Å². The lowest BCUT2D eigenvalue weighted by Gasteiger charge is -2.34. The van der Waals surface area contributed by atoms with E-state index in [9.17, 15) is 4.79 Å². The Kier molecular flexibility index (Phi) is 5.16. The summed E-state index contributed by atoms with van der Waals surface area (Å²) in [6, 6.07) is 11.7. The lowest BCUT2D eigenvalue weighted by atomic mass is 10.2. The first-order valence-electron chi connectivity index (χ1n) is 8.45. The number of benzene rings is 1. The van der Waals surface area contributed by atoms with Crippen molar-refractivity contribution in [2.75, 3.05) is 26.2 Å². The summed E-state index contributed by atoms with van der Waals surface area (Å²) in [5.74, 6) is 0. The number of hydrogen-bond acceptors (Lipinski definition) is 6. The smallest absolute Gasteiger partial charge is 0.297 e. The second-order valence-electron chi connectivity index (χ2n) is 6.29. The van der Waals surface area contributed by atoms with Crippen LogP contribution < -0.4 is 5.69 Å². The van der Waals surface area contributed by atoms with Crippen LogP contribution in [0.3, 0.4) is 0 Å². The van der Waals surface area contributed by atoms with Gasteiger partial charge in [-0.1, -0.05) is 23.7 Å². The lowest BCUT2D eigenvalue weighted by Crippen LogP contribution is -2.47. The van der Waals surface area contributed by atoms with Gasteiger partial charge in [0.25, 0.3) is 0 Å². The summed E-state index contributed by atoms with van der Waals surface area (Å²) in [7, 11) is 0. The molecule has 26 heavy (non-hydrogen) atoms. The number of nitrogens with zero attached hydrogens (tertiary/aromatic N) is 6.